The Morgan fingerprint density at radius 3 is 1.34 bits per heavy atom. The highest BCUT2D eigenvalue weighted by atomic mass is 32.2. The predicted octanol–water partition coefficient (Wildman–Crippen LogP) is 10.7. The minimum atomic E-state index is -0.596. The second kappa shape index (κ2) is 21.6. The Morgan fingerprint density at radius 1 is 0.492 bits per heavy atom. The molecule has 0 radical (unpaired) electrons. The molecule has 8 rings (SSSR count). The van der Waals surface area contributed by atoms with Gasteiger partial charge in [-0.1, -0.05) is 158 Å². The first-order valence-corrected chi connectivity index (χ1v) is 22.4. The molecule has 2 heterocycles. The third-order valence-corrected chi connectivity index (χ3v) is 12.5. The van der Waals surface area contributed by atoms with Crippen molar-refractivity contribution in [2.45, 2.75) is 23.5 Å². The Morgan fingerprint density at radius 2 is 0.885 bits per heavy atom. The van der Waals surface area contributed by atoms with Crippen LogP contribution in [-0.4, -0.2) is 57.4 Å². The molecule has 0 aliphatic heterocycles. The molecule has 4 N–H and O–H groups in total. The van der Waals surface area contributed by atoms with Gasteiger partial charge < -0.3 is 20.6 Å². The summed E-state index contributed by atoms with van der Waals surface area (Å²) >= 11 is 3.54. The van der Waals surface area contributed by atoms with Gasteiger partial charge in [-0.2, -0.15) is 23.5 Å². The second-order valence-electron chi connectivity index (χ2n) is 14.4. The Balaban J connectivity index is 0.000000271. The first-order chi connectivity index (χ1) is 29.9. The van der Waals surface area contributed by atoms with Crippen molar-refractivity contribution in [2.24, 2.45) is 0 Å². The highest BCUT2D eigenvalue weighted by molar-refractivity contribution is 7.99. The minimum absolute atomic E-state index is 0. The van der Waals surface area contributed by atoms with Crippen molar-refractivity contribution >= 4 is 68.7 Å². The van der Waals surface area contributed by atoms with Crippen molar-refractivity contribution in [2.75, 3.05) is 18.1 Å². The Kier molecular flexibility index (Phi) is 15.0. The molecule has 8 nitrogen and oxygen atoms in total. The zero-order valence-corrected chi connectivity index (χ0v) is 35.1. The van der Waals surface area contributed by atoms with Crippen molar-refractivity contribution in [3.05, 3.63) is 216 Å². The van der Waals surface area contributed by atoms with E-state index in [0.29, 0.717) is 17.7 Å². The quantitative estimate of drug-likeness (QED) is 0.0534. The number of para-hydroxylation sites is 2. The summed E-state index contributed by atoms with van der Waals surface area (Å²) < 4.78 is 0. The van der Waals surface area contributed by atoms with Gasteiger partial charge in [0.15, 0.2) is 0 Å². The van der Waals surface area contributed by atoms with E-state index in [1.165, 1.54) is 11.1 Å². The molecule has 8 aromatic rings. The number of nitrogens with one attached hydrogen (secondary N) is 4. The van der Waals surface area contributed by atoms with Crippen LogP contribution in [-0.2, 0) is 21.1 Å². The van der Waals surface area contributed by atoms with Crippen LogP contribution < -0.4 is 10.6 Å². The molecule has 61 heavy (non-hydrogen) atoms. The number of aromatic nitrogens is 2. The molecule has 0 fully saturated rings. The van der Waals surface area contributed by atoms with Crippen molar-refractivity contribution in [1.82, 2.24) is 20.6 Å². The van der Waals surface area contributed by atoms with E-state index in [-0.39, 0.29) is 16.2 Å². The Hall–Kier alpha value is -6.62. The van der Waals surface area contributed by atoms with E-state index in [4.69, 9.17) is 0 Å². The second-order valence-corrected chi connectivity index (χ2v) is 16.5. The summed E-state index contributed by atoms with van der Waals surface area (Å²) in [5, 5.41) is 7.35. The lowest BCUT2D eigenvalue weighted by atomic mass is 9.91. The summed E-state index contributed by atoms with van der Waals surface area (Å²) in [6.45, 7) is 0.348. The molecule has 6 aromatic carbocycles. The molecule has 0 spiro atoms. The topological polar surface area (TPSA) is 124 Å². The van der Waals surface area contributed by atoms with Crippen molar-refractivity contribution in [3.8, 4) is 0 Å². The number of hydrogen-bond donors (Lipinski definition) is 4. The van der Waals surface area contributed by atoms with Crippen LogP contribution >= 0.6 is 23.5 Å². The maximum Gasteiger partial charge on any atom is 0.292 e. The van der Waals surface area contributed by atoms with Crippen LogP contribution in [0.15, 0.2) is 182 Å². The number of H-pyrrole nitrogens is 2. The number of aromatic amines is 2. The fourth-order valence-corrected chi connectivity index (χ4v) is 9.22. The average Bonchev–Trinajstić information content (AvgIpc) is 3.95. The number of hydrogen-bond acceptors (Lipinski definition) is 6. The number of fused-ring (bicyclic) bond motifs is 2. The standard InChI is InChI=1S/C27H26N2O2S2.C24H20N2O2.3H2/c30-26(24-15-28-25-14-8-7-13-23(24)25)27(31)29-22(18-32-16-20-9-3-1-4-10-20)19-33-17-21-11-5-2-6-12-21;27-23(21-16-25-22-14-8-7-13-19(21)22)24(28)26-15-20(17-9-3-1-4-10-17)18-11-5-2-6-12-18;;;/h1-15,22,28H,16-19H2,(H,29,31);1-14,16,20,25H,15H2,(H,26,28);3*1H. The molecule has 0 unspecified atom stereocenters. The third-order valence-electron chi connectivity index (χ3n) is 10.1. The number of Topliss-reactive ketones (excluding diaryl/α,β-unsaturated/α-hetero) is 2. The van der Waals surface area contributed by atoms with Crippen LogP contribution in [0.5, 0.6) is 0 Å². The molecular weight excluding hydrogens is 797 g/mol. The molecule has 0 bridgehead atoms. The molecule has 10 heteroatoms. The van der Waals surface area contributed by atoms with Gasteiger partial charge in [0.2, 0.25) is 0 Å². The van der Waals surface area contributed by atoms with Crippen LogP contribution in [0.4, 0.5) is 0 Å². The summed E-state index contributed by atoms with van der Waals surface area (Å²) in [7, 11) is 0. The monoisotopic (exact) mass is 848 g/mol. The maximum absolute atomic E-state index is 12.9. The van der Waals surface area contributed by atoms with E-state index < -0.39 is 23.4 Å². The smallest absolute Gasteiger partial charge is 0.292 e. The molecule has 0 atom stereocenters. The number of rotatable bonds is 17. The summed E-state index contributed by atoms with van der Waals surface area (Å²) in [5.41, 5.74) is 7.17. The van der Waals surface area contributed by atoms with Gasteiger partial charge in [0.05, 0.1) is 11.1 Å². The Labute approximate surface area is 368 Å². The zero-order valence-electron chi connectivity index (χ0n) is 33.5. The fourth-order valence-electron chi connectivity index (χ4n) is 7.01. The van der Waals surface area contributed by atoms with Crippen molar-refractivity contribution in [1.29, 1.82) is 0 Å². The van der Waals surface area contributed by atoms with E-state index >= 15 is 0 Å². The molecule has 312 valence electrons. The van der Waals surface area contributed by atoms with Crippen LogP contribution in [0.3, 0.4) is 0 Å². The van der Waals surface area contributed by atoms with Gasteiger partial charge in [-0.25, -0.2) is 0 Å². The average molecular weight is 849 g/mol. The van der Waals surface area contributed by atoms with Crippen molar-refractivity contribution < 1.29 is 23.5 Å². The van der Waals surface area contributed by atoms with Gasteiger partial charge in [-0.3, -0.25) is 19.2 Å². The lowest BCUT2D eigenvalue weighted by Gasteiger charge is -2.18. The molecule has 2 amide bonds. The normalized spacial score (nSPS) is 11.0. The lowest BCUT2D eigenvalue weighted by Crippen LogP contribution is -2.42. The maximum atomic E-state index is 12.9. The van der Waals surface area contributed by atoms with Crippen LogP contribution in [0.25, 0.3) is 21.8 Å². The van der Waals surface area contributed by atoms with Gasteiger partial charge in [-0.15, -0.1) is 0 Å². The molecule has 0 aliphatic rings. The number of benzene rings is 6. The van der Waals surface area contributed by atoms with E-state index in [1.54, 1.807) is 35.9 Å². The van der Waals surface area contributed by atoms with Gasteiger partial charge >= 0.3 is 0 Å². The largest absolute Gasteiger partial charge is 0.360 e. The highest BCUT2D eigenvalue weighted by Gasteiger charge is 2.24. The first kappa shape index (κ1) is 42.5. The fraction of sp³-hybridized carbons (Fsp3) is 0.137. The van der Waals surface area contributed by atoms with Crippen LogP contribution in [0.1, 0.15) is 53.2 Å². The number of amides is 2. The van der Waals surface area contributed by atoms with Gasteiger partial charge in [0, 0.05) is 80.0 Å². The predicted molar refractivity (Wildman–Crippen MR) is 256 cm³/mol. The van der Waals surface area contributed by atoms with E-state index in [9.17, 15) is 19.2 Å². The summed E-state index contributed by atoms with van der Waals surface area (Å²) in [5.74, 6) is 1.01. The molecule has 0 aliphatic carbocycles. The molecule has 0 saturated heterocycles. The number of carbonyl (C=O) groups excluding carboxylic acids is 4. The third kappa shape index (κ3) is 11.6. The molecule has 2 aromatic heterocycles. The van der Waals surface area contributed by atoms with Gasteiger partial charge in [0.1, 0.15) is 0 Å². The van der Waals surface area contributed by atoms with Crippen LogP contribution in [0, 0.1) is 0 Å². The zero-order chi connectivity index (χ0) is 42.2. The first-order valence-electron chi connectivity index (χ1n) is 20.1. The van der Waals surface area contributed by atoms with Gasteiger partial charge in [-0.05, 0) is 34.4 Å². The van der Waals surface area contributed by atoms with E-state index in [2.05, 4.69) is 44.9 Å². The number of ketones is 2. The number of carbonyl (C=O) groups is 4. The van der Waals surface area contributed by atoms with Gasteiger partial charge in [0.25, 0.3) is 23.4 Å². The summed E-state index contributed by atoms with van der Waals surface area (Å²) in [4.78, 5) is 57.1. The lowest BCUT2D eigenvalue weighted by molar-refractivity contribution is -0.117. The molecular formula is C51H52N4O4S2. The van der Waals surface area contributed by atoms with E-state index in [1.807, 2.05) is 146 Å². The summed E-state index contributed by atoms with van der Waals surface area (Å²) in [6, 6.07) is 55.4. The minimum Gasteiger partial charge on any atom is -0.360 e. The SMILES string of the molecule is O=C(NC(CSCc1ccccc1)CSCc1ccccc1)C(=O)c1c[nH]c2ccccc12.O=C(NCC(c1ccccc1)c1ccccc1)C(=O)c1c[nH]c2ccccc12.[HH].[HH].[HH]. The Bertz CT molecular complexity index is 2600. The van der Waals surface area contributed by atoms with E-state index in [0.717, 1.165) is 55.9 Å². The molecule has 0 saturated carbocycles. The summed E-state index contributed by atoms with van der Waals surface area (Å²) in [6.07, 6.45) is 3.22. The van der Waals surface area contributed by atoms with Crippen molar-refractivity contribution in [3.63, 3.8) is 0 Å². The van der Waals surface area contributed by atoms with Crippen LogP contribution in [0.2, 0.25) is 0 Å². The highest BCUT2D eigenvalue weighted by Crippen LogP contribution is 2.25. The number of thioether (sulfide) groups is 2.